The molecule has 1 saturated carbocycles. The summed E-state index contributed by atoms with van der Waals surface area (Å²) in [4.78, 5) is 0. The van der Waals surface area contributed by atoms with Crippen LogP contribution in [0, 0.1) is 5.41 Å². The van der Waals surface area contributed by atoms with E-state index in [0.29, 0.717) is 11.0 Å². The molecule has 0 aromatic rings. The summed E-state index contributed by atoms with van der Waals surface area (Å²) in [7, 11) is 1.84. The highest BCUT2D eigenvalue weighted by molar-refractivity contribution is 4.92. The van der Waals surface area contributed by atoms with E-state index < -0.39 is 0 Å². The fraction of sp³-hybridized carbons (Fsp3) is 1.00. The Bertz CT molecular complexity index is 237. The number of methoxy groups -OCH3 is 1. The molecule has 0 spiro atoms. The molecule has 0 amide bonds. The van der Waals surface area contributed by atoms with Crippen molar-refractivity contribution in [3.8, 4) is 0 Å². The first-order chi connectivity index (χ1) is 8.68. The molecule has 2 fully saturated rings. The van der Waals surface area contributed by atoms with Crippen LogP contribution >= 0.6 is 0 Å². The summed E-state index contributed by atoms with van der Waals surface area (Å²) in [5.41, 5.74) is 0.740. The molecular formula is C15H30N2O. The van der Waals surface area contributed by atoms with Crippen LogP contribution < -0.4 is 10.6 Å². The largest absolute Gasteiger partial charge is 0.384 e. The highest BCUT2D eigenvalue weighted by Gasteiger charge is 2.35. The van der Waals surface area contributed by atoms with Crippen molar-refractivity contribution < 1.29 is 4.74 Å². The van der Waals surface area contributed by atoms with Crippen molar-refractivity contribution in [2.75, 3.05) is 33.4 Å². The maximum absolute atomic E-state index is 5.49. The van der Waals surface area contributed by atoms with Gasteiger partial charge in [-0.25, -0.2) is 0 Å². The molecule has 2 aliphatic rings. The molecule has 18 heavy (non-hydrogen) atoms. The second-order valence-corrected chi connectivity index (χ2v) is 6.66. The smallest absolute Gasteiger partial charge is 0.0531 e. The number of ether oxygens (including phenoxy) is 1. The summed E-state index contributed by atoms with van der Waals surface area (Å²) < 4.78 is 5.49. The summed E-state index contributed by atoms with van der Waals surface area (Å²) in [6, 6.07) is 0. The lowest BCUT2D eigenvalue weighted by Gasteiger charge is -2.42. The number of rotatable bonds is 5. The number of piperidine rings is 1. The molecule has 1 aliphatic heterocycles. The van der Waals surface area contributed by atoms with Crippen LogP contribution in [0.1, 0.15) is 51.9 Å². The Morgan fingerprint density at radius 3 is 2.33 bits per heavy atom. The number of nitrogens with one attached hydrogen (secondary N) is 2. The standard InChI is InChI=1S/C15H30N2O/c1-14(6-4-3-5-7-14)17-12-15(13-18-2)8-10-16-11-9-15/h16-17H,3-13H2,1-2H3. The summed E-state index contributed by atoms with van der Waals surface area (Å²) in [6.45, 7) is 6.72. The van der Waals surface area contributed by atoms with Gasteiger partial charge in [-0.1, -0.05) is 19.3 Å². The van der Waals surface area contributed by atoms with Gasteiger partial charge in [0.05, 0.1) is 6.61 Å². The minimum atomic E-state index is 0.362. The minimum Gasteiger partial charge on any atom is -0.384 e. The van der Waals surface area contributed by atoms with Gasteiger partial charge in [0, 0.05) is 24.6 Å². The van der Waals surface area contributed by atoms with Crippen molar-refractivity contribution >= 4 is 0 Å². The highest BCUT2D eigenvalue weighted by Crippen LogP contribution is 2.32. The molecule has 0 bridgehead atoms. The van der Waals surface area contributed by atoms with Gasteiger partial charge >= 0.3 is 0 Å². The third kappa shape index (κ3) is 3.69. The molecule has 1 heterocycles. The molecule has 1 aliphatic carbocycles. The predicted molar refractivity (Wildman–Crippen MR) is 75.9 cm³/mol. The molecule has 0 aromatic carbocycles. The summed E-state index contributed by atoms with van der Waals surface area (Å²) >= 11 is 0. The van der Waals surface area contributed by atoms with Crippen LogP contribution in [-0.2, 0) is 4.74 Å². The molecule has 0 unspecified atom stereocenters. The van der Waals surface area contributed by atoms with Crippen molar-refractivity contribution in [1.29, 1.82) is 0 Å². The summed E-state index contributed by atoms with van der Waals surface area (Å²) in [6.07, 6.45) is 9.37. The van der Waals surface area contributed by atoms with Crippen molar-refractivity contribution in [3.63, 3.8) is 0 Å². The van der Waals surface area contributed by atoms with Gasteiger partial charge in [0.15, 0.2) is 0 Å². The topological polar surface area (TPSA) is 33.3 Å². The molecule has 0 radical (unpaired) electrons. The third-order valence-corrected chi connectivity index (χ3v) is 4.96. The third-order valence-electron chi connectivity index (χ3n) is 4.96. The predicted octanol–water partition coefficient (Wildman–Crippen LogP) is 2.31. The van der Waals surface area contributed by atoms with E-state index in [4.69, 9.17) is 4.74 Å². The Hall–Kier alpha value is -0.120. The normalized spacial score (nSPS) is 27.0. The summed E-state index contributed by atoms with van der Waals surface area (Å²) in [5, 5.41) is 7.35. The molecule has 3 nitrogen and oxygen atoms in total. The Balaban J connectivity index is 1.88. The lowest BCUT2D eigenvalue weighted by atomic mass is 9.77. The second-order valence-electron chi connectivity index (χ2n) is 6.66. The first-order valence-electron chi connectivity index (χ1n) is 7.63. The van der Waals surface area contributed by atoms with Crippen LogP contribution in [-0.4, -0.2) is 38.9 Å². The van der Waals surface area contributed by atoms with Crippen molar-refractivity contribution in [1.82, 2.24) is 10.6 Å². The molecule has 106 valence electrons. The van der Waals surface area contributed by atoms with E-state index in [1.807, 2.05) is 7.11 Å². The lowest BCUT2D eigenvalue weighted by Crippen LogP contribution is -2.52. The van der Waals surface area contributed by atoms with Crippen molar-refractivity contribution in [2.24, 2.45) is 5.41 Å². The van der Waals surface area contributed by atoms with Gasteiger partial charge in [0.1, 0.15) is 0 Å². The van der Waals surface area contributed by atoms with E-state index in [0.717, 1.165) is 26.2 Å². The van der Waals surface area contributed by atoms with Gasteiger partial charge < -0.3 is 15.4 Å². The van der Waals surface area contributed by atoms with Gasteiger partial charge in [-0.2, -0.15) is 0 Å². The van der Waals surface area contributed by atoms with Crippen LogP contribution in [0.15, 0.2) is 0 Å². The van der Waals surface area contributed by atoms with Crippen LogP contribution in [0.2, 0.25) is 0 Å². The monoisotopic (exact) mass is 254 g/mol. The minimum absolute atomic E-state index is 0.362. The van der Waals surface area contributed by atoms with E-state index in [-0.39, 0.29) is 0 Å². The zero-order chi connectivity index (χ0) is 12.9. The van der Waals surface area contributed by atoms with E-state index in [2.05, 4.69) is 17.6 Å². The maximum Gasteiger partial charge on any atom is 0.0531 e. The number of hydrogen-bond donors (Lipinski definition) is 2. The highest BCUT2D eigenvalue weighted by atomic mass is 16.5. The Kier molecular flexibility index (Phi) is 5.05. The molecule has 3 heteroatoms. The first-order valence-corrected chi connectivity index (χ1v) is 7.63. The van der Waals surface area contributed by atoms with Crippen molar-refractivity contribution in [3.05, 3.63) is 0 Å². The fourth-order valence-corrected chi connectivity index (χ4v) is 3.55. The van der Waals surface area contributed by atoms with Gasteiger partial charge in [-0.05, 0) is 45.7 Å². The van der Waals surface area contributed by atoms with E-state index in [9.17, 15) is 0 Å². The van der Waals surface area contributed by atoms with Crippen LogP contribution in [0.4, 0.5) is 0 Å². The maximum atomic E-state index is 5.49. The molecule has 1 saturated heterocycles. The Labute approximate surface area is 112 Å². The number of hydrogen-bond acceptors (Lipinski definition) is 3. The van der Waals surface area contributed by atoms with Crippen molar-refractivity contribution in [2.45, 2.75) is 57.4 Å². The average Bonchev–Trinajstić information content (AvgIpc) is 2.39. The molecule has 0 aromatic heterocycles. The zero-order valence-corrected chi connectivity index (χ0v) is 12.2. The first kappa shape index (κ1) is 14.3. The van der Waals surface area contributed by atoms with Crippen LogP contribution in [0.3, 0.4) is 0 Å². The Morgan fingerprint density at radius 2 is 1.72 bits per heavy atom. The zero-order valence-electron chi connectivity index (χ0n) is 12.2. The Morgan fingerprint density at radius 1 is 1.06 bits per heavy atom. The van der Waals surface area contributed by atoms with Gasteiger partial charge in [0.2, 0.25) is 0 Å². The fourth-order valence-electron chi connectivity index (χ4n) is 3.55. The summed E-state index contributed by atoms with van der Waals surface area (Å²) in [5.74, 6) is 0. The van der Waals surface area contributed by atoms with Gasteiger partial charge in [-0.15, -0.1) is 0 Å². The van der Waals surface area contributed by atoms with E-state index in [1.54, 1.807) is 0 Å². The van der Waals surface area contributed by atoms with Crippen LogP contribution in [0.5, 0.6) is 0 Å². The molecule has 0 atom stereocenters. The SMILES string of the molecule is COCC1(CNC2(C)CCCCC2)CCNCC1. The van der Waals surface area contributed by atoms with E-state index >= 15 is 0 Å². The van der Waals surface area contributed by atoms with Crippen LogP contribution in [0.25, 0.3) is 0 Å². The van der Waals surface area contributed by atoms with Gasteiger partial charge in [-0.3, -0.25) is 0 Å². The van der Waals surface area contributed by atoms with Gasteiger partial charge in [0.25, 0.3) is 0 Å². The quantitative estimate of drug-likeness (QED) is 0.790. The second kappa shape index (κ2) is 6.36. The lowest BCUT2D eigenvalue weighted by molar-refractivity contribution is 0.0445. The van der Waals surface area contributed by atoms with E-state index in [1.165, 1.54) is 44.9 Å². The molecule has 2 rings (SSSR count). The molecule has 2 N–H and O–H groups in total. The molecular weight excluding hydrogens is 224 g/mol. The average molecular weight is 254 g/mol.